The maximum atomic E-state index is 2.39. The van der Waals surface area contributed by atoms with E-state index in [1.807, 2.05) is 12.1 Å². The molecule has 0 saturated heterocycles. The summed E-state index contributed by atoms with van der Waals surface area (Å²) in [6, 6.07) is 92.2. The second-order valence-electron chi connectivity index (χ2n) is 17.4. The lowest BCUT2D eigenvalue weighted by Crippen LogP contribution is -2.10. The quantitative estimate of drug-likeness (QED) is 0.0944. The van der Waals surface area contributed by atoms with Crippen molar-refractivity contribution in [3.8, 4) is 11.1 Å². The Morgan fingerprint density at radius 3 is 1.10 bits per heavy atom. The first-order valence-corrected chi connectivity index (χ1v) is 23.3. The SMILES string of the molecule is C(=C\c1ccc(N(c2ccccc2)c2cc3ccc4cc(-c5ccc(N(c6ccccc6)c6ccc(/C=C/c7ccccc7)cc6)c6ccccc56)cc5ccc(c2)c3c45)cc1)/c1ccccc1. The van der Waals surface area contributed by atoms with Gasteiger partial charge >= 0.3 is 0 Å². The van der Waals surface area contributed by atoms with Gasteiger partial charge in [-0.25, -0.2) is 0 Å². The van der Waals surface area contributed by atoms with Gasteiger partial charge in [0.1, 0.15) is 0 Å². The summed E-state index contributed by atoms with van der Waals surface area (Å²) < 4.78 is 0. The molecular formula is C66H46N2. The molecule has 0 heterocycles. The van der Waals surface area contributed by atoms with E-state index in [1.165, 1.54) is 65.3 Å². The van der Waals surface area contributed by atoms with Crippen LogP contribution in [0.2, 0.25) is 0 Å². The molecule has 0 aliphatic rings. The first-order chi connectivity index (χ1) is 33.7. The van der Waals surface area contributed by atoms with Crippen molar-refractivity contribution in [2.45, 2.75) is 0 Å². The van der Waals surface area contributed by atoms with Gasteiger partial charge in [-0.2, -0.15) is 0 Å². The average Bonchev–Trinajstić information content (AvgIpc) is 3.41. The summed E-state index contributed by atoms with van der Waals surface area (Å²) in [6.07, 6.45) is 8.68. The van der Waals surface area contributed by atoms with Crippen molar-refractivity contribution in [1.29, 1.82) is 0 Å². The minimum absolute atomic E-state index is 1.11. The van der Waals surface area contributed by atoms with Gasteiger partial charge in [0, 0.05) is 33.8 Å². The van der Waals surface area contributed by atoms with E-state index in [-0.39, 0.29) is 0 Å². The number of benzene rings is 12. The van der Waals surface area contributed by atoms with Crippen LogP contribution in [0.4, 0.5) is 34.1 Å². The Bertz CT molecular complexity index is 3680. The highest BCUT2D eigenvalue weighted by atomic mass is 15.1. The number of rotatable bonds is 11. The molecule has 0 amide bonds. The van der Waals surface area contributed by atoms with E-state index >= 15 is 0 Å². The zero-order valence-electron chi connectivity index (χ0n) is 37.5. The van der Waals surface area contributed by atoms with Crippen molar-refractivity contribution >= 4 is 102 Å². The molecule has 0 aliphatic carbocycles. The topological polar surface area (TPSA) is 6.48 Å². The number of hydrogen-bond acceptors (Lipinski definition) is 2. The normalized spacial score (nSPS) is 11.7. The van der Waals surface area contributed by atoms with E-state index in [1.54, 1.807) is 0 Å². The molecular weight excluding hydrogens is 821 g/mol. The third-order valence-corrected chi connectivity index (χ3v) is 13.1. The molecule has 0 saturated carbocycles. The summed E-state index contributed by atoms with van der Waals surface area (Å²) in [5.41, 5.74) is 13.8. The van der Waals surface area contributed by atoms with E-state index in [0.29, 0.717) is 0 Å². The standard InChI is InChI=1S/C66H46N2/c1-5-15-47(16-6-1)25-27-49-29-37-58(38-30-49)67(56-19-9-3-10-20-56)60-45-53-35-33-51-43-55(44-52-34-36-54(46-60)66(53)65(51)52)61-41-42-64(63-24-14-13-23-62(61)63)68(57-21-11-4-12-22-57)59-39-31-50(32-40-59)28-26-48-17-7-2-8-18-48/h1-46H/b27-25+,28-26+. The second kappa shape index (κ2) is 17.8. The lowest BCUT2D eigenvalue weighted by atomic mass is 9.89. The van der Waals surface area contributed by atoms with Gasteiger partial charge in [-0.3, -0.25) is 0 Å². The highest BCUT2D eigenvalue weighted by Gasteiger charge is 2.20. The third kappa shape index (κ3) is 7.85. The molecule has 0 aromatic heterocycles. The number of nitrogens with zero attached hydrogens (tertiary/aromatic N) is 2. The van der Waals surface area contributed by atoms with Crippen LogP contribution in [0.3, 0.4) is 0 Å². The number of fused-ring (bicyclic) bond motifs is 1. The molecule has 0 bridgehead atoms. The van der Waals surface area contributed by atoms with Crippen LogP contribution in [0.25, 0.3) is 78.5 Å². The smallest absolute Gasteiger partial charge is 0.0540 e. The Balaban J connectivity index is 0.911. The fourth-order valence-corrected chi connectivity index (χ4v) is 9.85. The van der Waals surface area contributed by atoms with Crippen molar-refractivity contribution in [2.75, 3.05) is 9.80 Å². The fourth-order valence-electron chi connectivity index (χ4n) is 9.85. The maximum Gasteiger partial charge on any atom is 0.0540 e. The lowest BCUT2D eigenvalue weighted by Gasteiger charge is -2.27. The van der Waals surface area contributed by atoms with Crippen molar-refractivity contribution in [3.05, 3.63) is 277 Å². The Morgan fingerprint density at radius 2 is 0.618 bits per heavy atom. The largest absolute Gasteiger partial charge is 0.310 e. The minimum Gasteiger partial charge on any atom is -0.310 e. The second-order valence-corrected chi connectivity index (χ2v) is 17.4. The molecule has 0 radical (unpaired) electrons. The molecule has 0 unspecified atom stereocenters. The van der Waals surface area contributed by atoms with E-state index in [4.69, 9.17) is 0 Å². The summed E-state index contributed by atoms with van der Waals surface area (Å²) in [5.74, 6) is 0. The predicted octanol–water partition coefficient (Wildman–Crippen LogP) is 18.7. The molecule has 320 valence electrons. The summed E-state index contributed by atoms with van der Waals surface area (Å²) in [4.78, 5) is 4.74. The Kier molecular flexibility index (Phi) is 10.6. The van der Waals surface area contributed by atoms with Crippen molar-refractivity contribution in [2.24, 2.45) is 0 Å². The molecule has 0 fully saturated rings. The highest BCUT2D eigenvalue weighted by Crippen LogP contribution is 2.45. The zero-order chi connectivity index (χ0) is 45.2. The van der Waals surface area contributed by atoms with Crippen LogP contribution in [-0.2, 0) is 0 Å². The summed E-state index contributed by atoms with van der Waals surface area (Å²) >= 11 is 0. The van der Waals surface area contributed by atoms with Gasteiger partial charge in [0.15, 0.2) is 0 Å². The first kappa shape index (κ1) is 40.5. The summed E-state index contributed by atoms with van der Waals surface area (Å²) in [7, 11) is 0. The van der Waals surface area contributed by atoms with Crippen LogP contribution in [0, 0.1) is 0 Å². The fraction of sp³-hybridized carbons (Fsp3) is 0. The maximum absolute atomic E-state index is 2.39. The summed E-state index contributed by atoms with van der Waals surface area (Å²) in [5, 5.41) is 9.93. The zero-order valence-corrected chi connectivity index (χ0v) is 37.5. The monoisotopic (exact) mass is 866 g/mol. The number of hydrogen-bond donors (Lipinski definition) is 0. The highest BCUT2D eigenvalue weighted by molar-refractivity contribution is 6.25. The molecule has 0 spiro atoms. The van der Waals surface area contributed by atoms with E-state index < -0.39 is 0 Å². The molecule has 0 N–H and O–H groups in total. The molecule has 12 aromatic rings. The van der Waals surface area contributed by atoms with Gasteiger partial charge in [0.2, 0.25) is 0 Å². The van der Waals surface area contributed by atoms with Gasteiger partial charge in [-0.1, -0.05) is 200 Å². The molecule has 68 heavy (non-hydrogen) atoms. The van der Waals surface area contributed by atoms with Crippen molar-refractivity contribution in [1.82, 2.24) is 0 Å². The van der Waals surface area contributed by atoms with Gasteiger partial charge in [0.05, 0.1) is 5.69 Å². The van der Waals surface area contributed by atoms with E-state index in [0.717, 1.165) is 45.3 Å². The van der Waals surface area contributed by atoms with Crippen LogP contribution >= 0.6 is 0 Å². The van der Waals surface area contributed by atoms with Gasteiger partial charge in [-0.05, 0) is 150 Å². The number of anilines is 6. The van der Waals surface area contributed by atoms with Crippen LogP contribution in [-0.4, -0.2) is 0 Å². The predicted molar refractivity (Wildman–Crippen MR) is 293 cm³/mol. The third-order valence-electron chi connectivity index (χ3n) is 13.1. The van der Waals surface area contributed by atoms with E-state index in [9.17, 15) is 0 Å². The molecule has 2 nitrogen and oxygen atoms in total. The van der Waals surface area contributed by atoms with Crippen LogP contribution < -0.4 is 9.80 Å². The van der Waals surface area contributed by atoms with Gasteiger partial charge in [0.25, 0.3) is 0 Å². The minimum atomic E-state index is 1.11. The molecule has 0 atom stereocenters. The Morgan fingerprint density at radius 1 is 0.250 bits per heavy atom. The molecule has 12 rings (SSSR count). The van der Waals surface area contributed by atoms with E-state index in [2.05, 4.69) is 277 Å². The lowest BCUT2D eigenvalue weighted by molar-refractivity contribution is 1.29. The Labute approximate surface area is 397 Å². The van der Waals surface area contributed by atoms with Crippen LogP contribution in [0.15, 0.2) is 255 Å². The molecule has 12 aromatic carbocycles. The van der Waals surface area contributed by atoms with Crippen LogP contribution in [0.5, 0.6) is 0 Å². The van der Waals surface area contributed by atoms with Crippen molar-refractivity contribution < 1.29 is 0 Å². The van der Waals surface area contributed by atoms with Gasteiger partial charge in [-0.15, -0.1) is 0 Å². The van der Waals surface area contributed by atoms with Crippen LogP contribution in [0.1, 0.15) is 22.3 Å². The average molecular weight is 867 g/mol. The Hall–Kier alpha value is -8.98. The molecule has 0 aliphatic heterocycles. The number of para-hydroxylation sites is 2. The first-order valence-electron chi connectivity index (χ1n) is 23.3. The van der Waals surface area contributed by atoms with Crippen molar-refractivity contribution in [3.63, 3.8) is 0 Å². The van der Waals surface area contributed by atoms with Gasteiger partial charge < -0.3 is 9.80 Å². The summed E-state index contributed by atoms with van der Waals surface area (Å²) in [6.45, 7) is 0. The molecule has 2 heteroatoms.